The van der Waals surface area contributed by atoms with Gasteiger partial charge in [-0.2, -0.15) is 0 Å². The van der Waals surface area contributed by atoms with Gasteiger partial charge in [0.2, 0.25) is 0 Å². The highest BCUT2D eigenvalue weighted by atomic mass is 14.3. The summed E-state index contributed by atoms with van der Waals surface area (Å²) < 4.78 is 0. The van der Waals surface area contributed by atoms with Crippen LogP contribution in [-0.4, -0.2) is 0 Å². The molecule has 0 spiro atoms. The Hall–Kier alpha value is -1.56. The molecule has 0 radical (unpaired) electrons. The van der Waals surface area contributed by atoms with Crippen LogP contribution in [0.25, 0.3) is 0 Å². The second-order valence-corrected chi connectivity index (χ2v) is 12.4. The smallest absolute Gasteiger partial charge is 0.00531 e. The summed E-state index contributed by atoms with van der Waals surface area (Å²) in [4.78, 5) is 0. The monoisotopic (exact) mass is 486 g/mol. The summed E-state index contributed by atoms with van der Waals surface area (Å²) in [6.07, 6.45) is 37.1. The zero-order valence-corrected chi connectivity index (χ0v) is 23.6. The highest BCUT2D eigenvalue weighted by molar-refractivity contribution is 5.26. The molecule has 3 aliphatic rings. The Morgan fingerprint density at radius 2 is 1.22 bits per heavy atom. The summed E-state index contributed by atoms with van der Waals surface area (Å²) in [5.41, 5.74) is 3.12. The van der Waals surface area contributed by atoms with Crippen molar-refractivity contribution in [2.75, 3.05) is 0 Å². The topological polar surface area (TPSA) is 0 Å². The lowest BCUT2D eigenvalue weighted by atomic mass is 9.77. The number of benzene rings is 1. The zero-order valence-electron chi connectivity index (χ0n) is 23.6. The minimum absolute atomic E-state index is 0.703. The van der Waals surface area contributed by atoms with E-state index in [1.54, 1.807) is 5.56 Å². The third-order valence-corrected chi connectivity index (χ3v) is 9.56. The molecule has 2 saturated carbocycles. The fourth-order valence-corrected chi connectivity index (χ4v) is 7.00. The highest BCUT2D eigenvalue weighted by Crippen LogP contribution is 2.38. The summed E-state index contributed by atoms with van der Waals surface area (Å²) in [5, 5.41) is 0. The second-order valence-electron chi connectivity index (χ2n) is 12.4. The van der Waals surface area contributed by atoms with Crippen molar-refractivity contribution in [2.24, 2.45) is 29.6 Å². The summed E-state index contributed by atoms with van der Waals surface area (Å²) >= 11 is 0. The third kappa shape index (κ3) is 8.78. The van der Waals surface area contributed by atoms with Crippen molar-refractivity contribution in [1.29, 1.82) is 0 Å². The van der Waals surface area contributed by atoms with Crippen LogP contribution >= 0.6 is 0 Å². The molecule has 2 fully saturated rings. The van der Waals surface area contributed by atoms with Gasteiger partial charge in [0.1, 0.15) is 0 Å². The van der Waals surface area contributed by atoms with Crippen molar-refractivity contribution in [3.63, 3.8) is 0 Å². The molecule has 0 aliphatic heterocycles. The van der Waals surface area contributed by atoms with Gasteiger partial charge in [-0.1, -0.05) is 93.8 Å². The fourth-order valence-electron chi connectivity index (χ4n) is 7.00. The molecule has 3 aliphatic carbocycles. The number of unbranched alkanes of at least 4 members (excludes halogenated alkanes) is 2. The van der Waals surface area contributed by atoms with E-state index in [0.29, 0.717) is 5.92 Å². The normalized spacial score (nSPS) is 31.4. The van der Waals surface area contributed by atoms with Crippen LogP contribution in [0.4, 0.5) is 0 Å². The summed E-state index contributed by atoms with van der Waals surface area (Å²) in [7, 11) is 0. The number of rotatable bonds is 11. The second kappa shape index (κ2) is 15.0. The van der Waals surface area contributed by atoms with E-state index in [0.717, 1.165) is 29.6 Å². The van der Waals surface area contributed by atoms with Gasteiger partial charge in [0.25, 0.3) is 0 Å². The molecule has 198 valence electrons. The van der Waals surface area contributed by atoms with Crippen molar-refractivity contribution in [1.82, 2.24) is 0 Å². The van der Waals surface area contributed by atoms with Crippen LogP contribution in [0.15, 0.2) is 60.7 Å². The zero-order chi connectivity index (χ0) is 25.0. The van der Waals surface area contributed by atoms with Crippen LogP contribution in [0, 0.1) is 29.6 Å². The van der Waals surface area contributed by atoms with Gasteiger partial charge in [0.05, 0.1) is 0 Å². The van der Waals surface area contributed by atoms with E-state index in [1.165, 1.54) is 108 Å². The minimum atomic E-state index is 0.703. The predicted octanol–water partition coefficient (Wildman–Crippen LogP) is 11.0. The fraction of sp³-hybridized carbons (Fsp3) is 0.667. The van der Waals surface area contributed by atoms with E-state index in [1.807, 2.05) is 0 Å². The molecule has 0 aromatic heterocycles. The lowest BCUT2D eigenvalue weighted by Gasteiger charge is -2.28. The molecule has 2 atom stereocenters. The molecule has 4 rings (SSSR count). The molecule has 0 amide bonds. The predicted molar refractivity (Wildman–Crippen MR) is 158 cm³/mol. The molecule has 0 N–H and O–H groups in total. The van der Waals surface area contributed by atoms with E-state index in [9.17, 15) is 0 Å². The van der Waals surface area contributed by atoms with Crippen molar-refractivity contribution in [3.05, 3.63) is 71.8 Å². The summed E-state index contributed by atoms with van der Waals surface area (Å²) in [6, 6.07) is 9.67. The Labute approximate surface area is 223 Å². The van der Waals surface area contributed by atoms with E-state index < -0.39 is 0 Å². The Balaban J connectivity index is 1.13. The maximum absolute atomic E-state index is 2.62. The van der Waals surface area contributed by atoms with Crippen LogP contribution in [0.1, 0.15) is 127 Å². The van der Waals surface area contributed by atoms with Crippen LogP contribution < -0.4 is 0 Å². The first-order chi connectivity index (χ1) is 17.7. The Kier molecular flexibility index (Phi) is 11.4. The maximum Gasteiger partial charge on any atom is -0.00531 e. The van der Waals surface area contributed by atoms with Gasteiger partial charge in [0, 0.05) is 0 Å². The number of aryl methyl sites for hydroxylation is 1. The molecule has 0 saturated heterocycles. The Morgan fingerprint density at radius 3 is 1.78 bits per heavy atom. The minimum Gasteiger partial charge on any atom is -0.0851 e. The van der Waals surface area contributed by atoms with Gasteiger partial charge in [-0.05, 0) is 130 Å². The van der Waals surface area contributed by atoms with Gasteiger partial charge in [0.15, 0.2) is 0 Å². The third-order valence-electron chi connectivity index (χ3n) is 9.56. The van der Waals surface area contributed by atoms with Gasteiger partial charge in [-0.15, -0.1) is 0 Å². The van der Waals surface area contributed by atoms with Gasteiger partial charge in [-0.3, -0.25) is 0 Å². The first-order valence-electron chi connectivity index (χ1n) is 15.9. The molecule has 0 heterocycles. The molecule has 1 aromatic carbocycles. The molecule has 2 unspecified atom stereocenters. The Morgan fingerprint density at radius 1 is 0.611 bits per heavy atom. The maximum atomic E-state index is 2.62. The van der Waals surface area contributed by atoms with Gasteiger partial charge < -0.3 is 0 Å². The van der Waals surface area contributed by atoms with E-state index >= 15 is 0 Å². The average Bonchev–Trinajstić information content (AvgIpc) is 2.93. The van der Waals surface area contributed by atoms with Crippen LogP contribution in [0.5, 0.6) is 0 Å². The molecule has 0 heteroatoms. The van der Waals surface area contributed by atoms with Crippen molar-refractivity contribution >= 4 is 0 Å². The quantitative estimate of drug-likeness (QED) is 0.215. The van der Waals surface area contributed by atoms with Gasteiger partial charge >= 0.3 is 0 Å². The van der Waals surface area contributed by atoms with Crippen LogP contribution in [-0.2, 0) is 6.42 Å². The van der Waals surface area contributed by atoms with Crippen LogP contribution in [0.3, 0.4) is 0 Å². The first kappa shape index (κ1) is 27.5. The van der Waals surface area contributed by atoms with E-state index in [-0.39, 0.29) is 0 Å². The van der Waals surface area contributed by atoms with Crippen molar-refractivity contribution in [3.8, 4) is 0 Å². The summed E-state index contributed by atoms with van der Waals surface area (Å²) in [6.45, 7) is 4.60. The van der Waals surface area contributed by atoms with Crippen molar-refractivity contribution < 1.29 is 0 Å². The molecule has 36 heavy (non-hydrogen) atoms. The largest absolute Gasteiger partial charge is 0.0851 e. The standard InChI is InChI=1S/C36H54/c1-3-5-6-8-30-21-25-35(26-22-30)36-27-23-34(24-28-36)20-19-33-17-15-32(16-18-33)14-13-31-11-9-29(7-4-2)10-12-31/h9,11,13-14,19-22,25-26,29,31-34,36H,3-8,10,12,15-18,23-24,27-28H2,1-2H3/b14-13+,20-19+. The molecular weight excluding hydrogens is 432 g/mol. The lowest BCUT2D eigenvalue weighted by molar-refractivity contribution is 0.347. The first-order valence-corrected chi connectivity index (χ1v) is 15.9. The molecule has 0 nitrogen and oxygen atoms in total. The summed E-state index contributed by atoms with van der Waals surface area (Å²) in [5.74, 6) is 4.82. The highest BCUT2D eigenvalue weighted by Gasteiger charge is 2.22. The average molecular weight is 487 g/mol. The number of allylic oxidation sites excluding steroid dienone is 6. The van der Waals surface area contributed by atoms with Gasteiger partial charge in [-0.25, -0.2) is 0 Å². The molecular formula is C36H54. The number of hydrogen-bond acceptors (Lipinski definition) is 0. The molecule has 1 aromatic rings. The lowest BCUT2D eigenvalue weighted by Crippen LogP contribution is -2.14. The van der Waals surface area contributed by atoms with E-state index in [4.69, 9.17) is 0 Å². The molecule has 0 bridgehead atoms. The van der Waals surface area contributed by atoms with Crippen LogP contribution in [0.2, 0.25) is 0 Å². The number of hydrogen-bond donors (Lipinski definition) is 0. The van der Waals surface area contributed by atoms with E-state index in [2.05, 4.69) is 74.6 Å². The Bertz CT molecular complexity index is 808. The SMILES string of the molecule is CCCCCc1ccc(C2CCC(/C=C/C3CCC(/C=C/C4C=CC(CCC)CC4)CC3)CC2)cc1. The van der Waals surface area contributed by atoms with Crippen molar-refractivity contribution in [2.45, 2.75) is 122 Å².